The van der Waals surface area contributed by atoms with E-state index in [4.69, 9.17) is 4.74 Å². The Morgan fingerprint density at radius 2 is 2.25 bits per heavy atom. The van der Waals surface area contributed by atoms with Crippen LogP contribution in [0.1, 0.15) is 38.2 Å². The number of aromatic nitrogens is 2. The summed E-state index contributed by atoms with van der Waals surface area (Å²) in [6, 6.07) is 0.505. The van der Waals surface area contributed by atoms with E-state index in [0.717, 1.165) is 24.3 Å². The fraction of sp³-hybridized carbons (Fsp3) is 0.733. The lowest BCUT2D eigenvalue weighted by atomic mass is 10.0. The number of piperidine rings is 1. The molecule has 5 heteroatoms. The van der Waals surface area contributed by atoms with Crippen molar-refractivity contribution in [3.05, 3.63) is 11.9 Å². The fourth-order valence-electron chi connectivity index (χ4n) is 2.53. The highest BCUT2D eigenvalue weighted by Gasteiger charge is 2.20. The Balaban J connectivity index is 1.95. The van der Waals surface area contributed by atoms with E-state index in [2.05, 4.69) is 34.2 Å². The van der Waals surface area contributed by atoms with E-state index in [1.807, 2.05) is 6.92 Å². The molecule has 0 aromatic carbocycles. The van der Waals surface area contributed by atoms with Crippen LogP contribution in [-0.4, -0.2) is 47.7 Å². The minimum absolute atomic E-state index is 0.505. The molecular weight excluding hydrogens is 252 g/mol. The van der Waals surface area contributed by atoms with Gasteiger partial charge in [0.15, 0.2) is 0 Å². The lowest BCUT2D eigenvalue weighted by Gasteiger charge is -2.32. The molecule has 112 valence electrons. The van der Waals surface area contributed by atoms with Gasteiger partial charge in [0, 0.05) is 12.6 Å². The summed E-state index contributed by atoms with van der Waals surface area (Å²) < 4.78 is 5.93. The van der Waals surface area contributed by atoms with Gasteiger partial charge in [-0.15, -0.1) is 0 Å². The third kappa shape index (κ3) is 3.82. The summed E-state index contributed by atoms with van der Waals surface area (Å²) in [6.45, 7) is 6.95. The summed E-state index contributed by atoms with van der Waals surface area (Å²) in [6.07, 6.45) is 6.45. The maximum atomic E-state index is 5.93. The van der Waals surface area contributed by atoms with Crippen molar-refractivity contribution in [1.82, 2.24) is 14.9 Å². The maximum absolute atomic E-state index is 5.93. The van der Waals surface area contributed by atoms with Crippen molar-refractivity contribution in [1.29, 1.82) is 0 Å². The van der Waals surface area contributed by atoms with Crippen LogP contribution in [0, 0.1) is 6.92 Å². The van der Waals surface area contributed by atoms with Gasteiger partial charge in [0.05, 0.1) is 5.56 Å². The van der Waals surface area contributed by atoms with Crippen molar-refractivity contribution in [3.8, 4) is 5.88 Å². The summed E-state index contributed by atoms with van der Waals surface area (Å²) in [4.78, 5) is 10.9. The number of ether oxygens (including phenoxy) is 1. The van der Waals surface area contributed by atoms with E-state index in [1.165, 1.54) is 25.8 Å². The Morgan fingerprint density at radius 3 is 3.00 bits per heavy atom. The smallest absolute Gasteiger partial charge is 0.221 e. The van der Waals surface area contributed by atoms with Crippen LogP contribution in [0.5, 0.6) is 5.88 Å². The zero-order valence-corrected chi connectivity index (χ0v) is 12.9. The van der Waals surface area contributed by atoms with Crippen LogP contribution in [0.25, 0.3) is 0 Å². The molecule has 1 aliphatic rings. The maximum Gasteiger partial charge on any atom is 0.221 e. The van der Waals surface area contributed by atoms with E-state index in [-0.39, 0.29) is 0 Å². The van der Waals surface area contributed by atoms with E-state index < -0.39 is 0 Å². The summed E-state index contributed by atoms with van der Waals surface area (Å²) in [7, 11) is 2.17. The molecule has 20 heavy (non-hydrogen) atoms. The van der Waals surface area contributed by atoms with Crippen LogP contribution in [0.3, 0.4) is 0 Å². The Morgan fingerprint density at radius 1 is 1.40 bits per heavy atom. The van der Waals surface area contributed by atoms with E-state index >= 15 is 0 Å². The molecule has 0 saturated carbocycles. The number of likely N-dealkylation sites (N-methyl/N-ethyl adjacent to an activating group) is 1. The zero-order valence-electron chi connectivity index (χ0n) is 12.9. The van der Waals surface area contributed by atoms with Gasteiger partial charge in [0.25, 0.3) is 0 Å². The standard InChI is InChI=1S/C15H26N4O/c1-4-8-16-14-12(2)15(18-11-17-14)20-10-13-7-5-6-9-19(13)3/h11,13H,4-10H2,1-3H3,(H,16,17,18). The molecule has 0 aliphatic carbocycles. The molecule has 2 heterocycles. The molecule has 1 atom stereocenters. The third-order valence-corrected chi connectivity index (χ3v) is 3.91. The quantitative estimate of drug-likeness (QED) is 0.866. The Bertz CT molecular complexity index is 424. The summed E-state index contributed by atoms with van der Waals surface area (Å²) in [5, 5.41) is 3.31. The van der Waals surface area contributed by atoms with E-state index in [0.29, 0.717) is 18.5 Å². The Labute approximate surface area is 121 Å². The molecule has 1 aromatic heterocycles. The lowest BCUT2D eigenvalue weighted by Crippen LogP contribution is -2.40. The molecule has 0 spiro atoms. The molecule has 1 unspecified atom stereocenters. The highest BCUT2D eigenvalue weighted by molar-refractivity contribution is 5.47. The normalized spacial score (nSPS) is 19.9. The van der Waals surface area contributed by atoms with Crippen LogP contribution in [-0.2, 0) is 0 Å². The molecule has 1 N–H and O–H groups in total. The highest BCUT2D eigenvalue weighted by Crippen LogP contribution is 2.22. The van der Waals surface area contributed by atoms with Crippen LogP contribution < -0.4 is 10.1 Å². The molecule has 1 saturated heterocycles. The first-order valence-electron chi connectivity index (χ1n) is 7.61. The molecule has 0 amide bonds. The third-order valence-electron chi connectivity index (χ3n) is 3.91. The number of rotatable bonds is 6. The number of nitrogens with one attached hydrogen (secondary N) is 1. The van der Waals surface area contributed by atoms with Gasteiger partial charge in [0.1, 0.15) is 18.8 Å². The van der Waals surface area contributed by atoms with Gasteiger partial charge in [-0.05, 0) is 39.8 Å². The monoisotopic (exact) mass is 278 g/mol. The average molecular weight is 278 g/mol. The van der Waals surface area contributed by atoms with Gasteiger partial charge in [-0.3, -0.25) is 0 Å². The van der Waals surface area contributed by atoms with Gasteiger partial charge < -0.3 is 15.0 Å². The fourth-order valence-corrected chi connectivity index (χ4v) is 2.53. The predicted octanol–water partition coefficient (Wildman–Crippen LogP) is 2.47. The number of nitrogens with zero attached hydrogens (tertiary/aromatic N) is 3. The largest absolute Gasteiger partial charge is 0.476 e. The molecule has 1 aromatic rings. The van der Waals surface area contributed by atoms with Crippen molar-refractivity contribution in [2.24, 2.45) is 0 Å². The Kier molecular flexibility index (Phi) is 5.59. The first kappa shape index (κ1) is 15.0. The molecule has 0 bridgehead atoms. The van der Waals surface area contributed by atoms with E-state index in [9.17, 15) is 0 Å². The zero-order chi connectivity index (χ0) is 14.4. The molecule has 1 aliphatic heterocycles. The van der Waals surface area contributed by atoms with Crippen molar-refractivity contribution in [3.63, 3.8) is 0 Å². The lowest BCUT2D eigenvalue weighted by molar-refractivity contribution is 0.122. The van der Waals surface area contributed by atoms with Crippen LogP contribution in [0.2, 0.25) is 0 Å². The second-order valence-corrected chi connectivity index (χ2v) is 5.52. The number of anilines is 1. The number of hydrogen-bond acceptors (Lipinski definition) is 5. The molecular formula is C15H26N4O. The van der Waals surface area contributed by atoms with Gasteiger partial charge in [0.2, 0.25) is 5.88 Å². The van der Waals surface area contributed by atoms with Gasteiger partial charge >= 0.3 is 0 Å². The number of hydrogen-bond donors (Lipinski definition) is 1. The van der Waals surface area contributed by atoms with Crippen molar-refractivity contribution in [2.75, 3.05) is 32.1 Å². The summed E-state index contributed by atoms with van der Waals surface area (Å²) >= 11 is 0. The van der Waals surface area contributed by atoms with Gasteiger partial charge in [-0.2, -0.15) is 0 Å². The van der Waals surface area contributed by atoms with Gasteiger partial charge in [-0.25, -0.2) is 9.97 Å². The highest BCUT2D eigenvalue weighted by atomic mass is 16.5. The second kappa shape index (κ2) is 7.43. The minimum Gasteiger partial charge on any atom is -0.476 e. The Hall–Kier alpha value is -1.36. The van der Waals surface area contributed by atoms with Crippen molar-refractivity contribution >= 4 is 5.82 Å². The van der Waals surface area contributed by atoms with Crippen LogP contribution >= 0.6 is 0 Å². The van der Waals surface area contributed by atoms with E-state index in [1.54, 1.807) is 6.33 Å². The molecule has 0 radical (unpaired) electrons. The van der Waals surface area contributed by atoms with Gasteiger partial charge in [-0.1, -0.05) is 13.3 Å². The topological polar surface area (TPSA) is 50.3 Å². The van der Waals surface area contributed by atoms with Crippen molar-refractivity contribution in [2.45, 2.75) is 45.6 Å². The first-order valence-corrected chi connectivity index (χ1v) is 7.61. The molecule has 5 nitrogen and oxygen atoms in total. The summed E-state index contributed by atoms with van der Waals surface area (Å²) in [5.74, 6) is 1.59. The first-order chi connectivity index (χ1) is 9.72. The average Bonchev–Trinajstić information content (AvgIpc) is 2.46. The second-order valence-electron chi connectivity index (χ2n) is 5.52. The SMILES string of the molecule is CCCNc1ncnc(OCC2CCCCN2C)c1C. The summed E-state index contributed by atoms with van der Waals surface area (Å²) in [5.41, 5.74) is 0.999. The number of likely N-dealkylation sites (tertiary alicyclic amines) is 1. The minimum atomic E-state index is 0.505. The van der Waals surface area contributed by atoms with Crippen LogP contribution in [0.15, 0.2) is 6.33 Å². The van der Waals surface area contributed by atoms with Crippen LogP contribution in [0.4, 0.5) is 5.82 Å². The molecule has 2 rings (SSSR count). The predicted molar refractivity (Wildman–Crippen MR) is 81.3 cm³/mol. The molecule has 1 fully saturated rings. The van der Waals surface area contributed by atoms with Crippen molar-refractivity contribution < 1.29 is 4.74 Å².